The van der Waals surface area contributed by atoms with Crippen molar-refractivity contribution in [2.24, 2.45) is 0 Å². The molecule has 1 saturated heterocycles. The molecule has 0 unspecified atom stereocenters. The van der Waals surface area contributed by atoms with Gasteiger partial charge in [0.1, 0.15) is 0 Å². The Labute approximate surface area is 154 Å². The van der Waals surface area contributed by atoms with Gasteiger partial charge >= 0.3 is 0 Å². The van der Waals surface area contributed by atoms with Crippen LogP contribution in [0, 0.1) is 0 Å². The van der Waals surface area contributed by atoms with Gasteiger partial charge in [0.05, 0.1) is 0 Å². The summed E-state index contributed by atoms with van der Waals surface area (Å²) in [6.07, 6.45) is 3.81. The summed E-state index contributed by atoms with van der Waals surface area (Å²) in [7, 11) is 0. The van der Waals surface area contributed by atoms with Gasteiger partial charge in [-0.3, -0.25) is 10.1 Å². The fourth-order valence-corrected chi connectivity index (χ4v) is 3.36. The van der Waals surface area contributed by atoms with E-state index in [0.717, 1.165) is 12.2 Å². The highest BCUT2D eigenvalue weighted by atomic mass is 32.1. The molecule has 5 heteroatoms. The zero-order valence-corrected chi connectivity index (χ0v) is 15.2. The molecular formula is C20H23N3OS. The van der Waals surface area contributed by atoms with Crippen LogP contribution in [0.25, 0.3) is 0 Å². The van der Waals surface area contributed by atoms with Crippen molar-refractivity contribution in [3.63, 3.8) is 0 Å². The molecule has 1 atom stereocenters. The molecule has 130 valence electrons. The average Bonchev–Trinajstić information content (AvgIpc) is 2.63. The Morgan fingerprint density at radius 1 is 1.08 bits per heavy atom. The highest BCUT2D eigenvalue weighted by Gasteiger charge is 2.18. The van der Waals surface area contributed by atoms with Crippen molar-refractivity contribution in [3.8, 4) is 0 Å². The fraction of sp³-hybridized carbons (Fsp3) is 0.300. The van der Waals surface area contributed by atoms with Crippen molar-refractivity contribution in [2.75, 3.05) is 16.8 Å². The minimum atomic E-state index is -0.211. The minimum Gasteiger partial charge on any atom is -0.369 e. The first-order valence-corrected chi connectivity index (χ1v) is 9.08. The number of rotatable bonds is 3. The molecule has 0 saturated carbocycles. The van der Waals surface area contributed by atoms with Crippen LogP contribution in [0.5, 0.6) is 0 Å². The number of hydrogen-bond acceptors (Lipinski definition) is 3. The third-order valence-corrected chi connectivity index (χ3v) is 4.73. The standard InChI is InChI=1S/C20H23N3OS/c1-15-7-5-6-14-23(15)18-12-10-17(11-13-18)21-20(25)22-19(24)16-8-3-2-4-9-16/h2-4,8-13,15H,5-7,14H2,1H3,(H2,21,22,24,25)/t15-/m1/s1. The van der Waals surface area contributed by atoms with Gasteiger partial charge in [0.2, 0.25) is 0 Å². The van der Waals surface area contributed by atoms with E-state index in [4.69, 9.17) is 12.2 Å². The third-order valence-electron chi connectivity index (χ3n) is 4.52. The van der Waals surface area contributed by atoms with E-state index in [2.05, 4.69) is 34.6 Å². The summed E-state index contributed by atoms with van der Waals surface area (Å²) in [5.74, 6) is -0.211. The minimum absolute atomic E-state index is 0.211. The predicted octanol–water partition coefficient (Wildman–Crippen LogP) is 4.19. The van der Waals surface area contributed by atoms with Gasteiger partial charge in [-0.15, -0.1) is 0 Å². The normalized spacial score (nSPS) is 17.0. The summed E-state index contributed by atoms with van der Waals surface area (Å²) in [5.41, 5.74) is 2.69. The van der Waals surface area contributed by atoms with Crippen molar-refractivity contribution in [3.05, 3.63) is 60.2 Å². The van der Waals surface area contributed by atoms with E-state index in [0.29, 0.717) is 16.7 Å². The second-order valence-electron chi connectivity index (χ2n) is 6.36. The molecule has 1 aliphatic rings. The van der Waals surface area contributed by atoms with E-state index in [1.165, 1.54) is 24.9 Å². The van der Waals surface area contributed by atoms with E-state index in [1.807, 2.05) is 30.3 Å². The van der Waals surface area contributed by atoms with Gasteiger partial charge < -0.3 is 10.2 Å². The van der Waals surface area contributed by atoms with Gasteiger partial charge in [-0.25, -0.2) is 0 Å². The van der Waals surface area contributed by atoms with Crippen LogP contribution < -0.4 is 15.5 Å². The number of benzene rings is 2. The van der Waals surface area contributed by atoms with Crippen LogP contribution in [0.4, 0.5) is 11.4 Å². The van der Waals surface area contributed by atoms with Crippen molar-refractivity contribution < 1.29 is 4.79 Å². The zero-order chi connectivity index (χ0) is 17.6. The van der Waals surface area contributed by atoms with Crippen molar-refractivity contribution >= 4 is 34.6 Å². The second kappa shape index (κ2) is 8.12. The summed E-state index contributed by atoms with van der Waals surface area (Å²) in [5, 5.41) is 6.06. The Morgan fingerprint density at radius 3 is 2.48 bits per heavy atom. The number of anilines is 2. The maximum atomic E-state index is 12.1. The average molecular weight is 353 g/mol. The molecule has 2 aromatic rings. The number of thiocarbonyl (C=S) groups is 1. The molecule has 1 fully saturated rings. The van der Waals surface area contributed by atoms with Gasteiger partial charge in [0, 0.05) is 29.5 Å². The quantitative estimate of drug-likeness (QED) is 0.812. The molecule has 3 rings (SSSR count). The van der Waals surface area contributed by atoms with Crippen LogP contribution in [-0.4, -0.2) is 23.6 Å². The lowest BCUT2D eigenvalue weighted by molar-refractivity contribution is 0.0977. The summed E-state index contributed by atoms with van der Waals surface area (Å²) in [4.78, 5) is 14.5. The molecule has 2 aromatic carbocycles. The molecule has 1 amide bonds. The molecule has 2 N–H and O–H groups in total. The van der Waals surface area contributed by atoms with E-state index in [-0.39, 0.29) is 5.91 Å². The van der Waals surface area contributed by atoms with Crippen molar-refractivity contribution in [2.45, 2.75) is 32.2 Å². The molecular weight excluding hydrogens is 330 g/mol. The summed E-state index contributed by atoms with van der Waals surface area (Å²) < 4.78 is 0. The molecule has 0 aromatic heterocycles. The molecule has 0 spiro atoms. The van der Waals surface area contributed by atoms with Gasteiger partial charge in [0.15, 0.2) is 5.11 Å². The zero-order valence-electron chi connectivity index (χ0n) is 14.4. The molecule has 0 aliphatic carbocycles. The number of nitrogens with zero attached hydrogens (tertiary/aromatic N) is 1. The van der Waals surface area contributed by atoms with Gasteiger partial charge in [-0.05, 0) is 74.8 Å². The molecule has 1 aliphatic heterocycles. The smallest absolute Gasteiger partial charge is 0.257 e. The van der Waals surface area contributed by atoms with Gasteiger partial charge in [-0.1, -0.05) is 18.2 Å². The van der Waals surface area contributed by atoms with Crippen LogP contribution >= 0.6 is 12.2 Å². The maximum absolute atomic E-state index is 12.1. The first kappa shape index (κ1) is 17.4. The SMILES string of the molecule is C[C@@H]1CCCCN1c1ccc(NC(=S)NC(=O)c2ccccc2)cc1. The number of hydrogen-bond donors (Lipinski definition) is 2. The van der Waals surface area contributed by atoms with Crippen LogP contribution in [0.2, 0.25) is 0 Å². The van der Waals surface area contributed by atoms with Crippen molar-refractivity contribution in [1.82, 2.24) is 5.32 Å². The van der Waals surface area contributed by atoms with E-state index in [1.54, 1.807) is 12.1 Å². The van der Waals surface area contributed by atoms with E-state index in [9.17, 15) is 4.79 Å². The van der Waals surface area contributed by atoms with Crippen LogP contribution in [-0.2, 0) is 0 Å². The van der Waals surface area contributed by atoms with Crippen LogP contribution in [0.1, 0.15) is 36.5 Å². The second-order valence-corrected chi connectivity index (χ2v) is 6.77. The Morgan fingerprint density at radius 2 is 1.80 bits per heavy atom. The first-order chi connectivity index (χ1) is 12.1. The predicted molar refractivity (Wildman–Crippen MR) is 107 cm³/mol. The highest BCUT2D eigenvalue weighted by molar-refractivity contribution is 7.80. The fourth-order valence-electron chi connectivity index (χ4n) is 3.15. The van der Waals surface area contributed by atoms with E-state index < -0.39 is 0 Å². The first-order valence-electron chi connectivity index (χ1n) is 8.67. The number of nitrogens with one attached hydrogen (secondary N) is 2. The molecule has 0 bridgehead atoms. The summed E-state index contributed by atoms with van der Waals surface area (Å²) >= 11 is 5.24. The Bertz CT molecular complexity index is 730. The Balaban J connectivity index is 1.57. The maximum Gasteiger partial charge on any atom is 0.257 e. The van der Waals surface area contributed by atoms with Gasteiger partial charge in [-0.2, -0.15) is 0 Å². The van der Waals surface area contributed by atoms with Gasteiger partial charge in [0.25, 0.3) is 5.91 Å². The molecule has 0 radical (unpaired) electrons. The molecule has 25 heavy (non-hydrogen) atoms. The van der Waals surface area contributed by atoms with Crippen LogP contribution in [0.3, 0.4) is 0 Å². The van der Waals surface area contributed by atoms with E-state index >= 15 is 0 Å². The lowest BCUT2D eigenvalue weighted by Crippen LogP contribution is -2.37. The van der Waals surface area contributed by atoms with Crippen molar-refractivity contribution in [1.29, 1.82) is 0 Å². The number of carbonyl (C=O) groups excluding carboxylic acids is 1. The topological polar surface area (TPSA) is 44.4 Å². The third kappa shape index (κ3) is 4.57. The summed E-state index contributed by atoms with van der Waals surface area (Å²) in [6.45, 7) is 3.39. The summed E-state index contributed by atoms with van der Waals surface area (Å²) in [6, 6.07) is 17.8. The highest BCUT2D eigenvalue weighted by Crippen LogP contribution is 2.25. The Kier molecular flexibility index (Phi) is 5.66. The monoisotopic (exact) mass is 353 g/mol. The molecule has 1 heterocycles. The lowest BCUT2D eigenvalue weighted by Gasteiger charge is -2.35. The Hall–Kier alpha value is -2.40. The number of carbonyl (C=O) groups is 1. The lowest BCUT2D eigenvalue weighted by atomic mass is 10.0. The largest absolute Gasteiger partial charge is 0.369 e. The molecule has 4 nitrogen and oxygen atoms in total. The van der Waals surface area contributed by atoms with Crippen LogP contribution in [0.15, 0.2) is 54.6 Å². The number of piperidine rings is 1. The number of amides is 1.